The summed E-state index contributed by atoms with van der Waals surface area (Å²) in [6.07, 6.45) is 1.99. The van der Waals surface area contributed by atoms with Gasteiger partial charge >= 0.3 is 0 Å². The molecule has 102 valence electrons. The number of aromatic nitrogens is 2. The molecule has 1 heterocycles. The van der Waals surface area contributed by atoms with Crippen LogP contribution in [0.25, 0.3) is 0 Å². The molecule has 0 aliphatic heterocycles. The number of para-hydroxylation sites is 1. The quantitative estimate of drug-likeness (QED) is 0.815. The molecule has 5 nitrogen and oxygen atoms in total. The van der Waals surface area contributed by atoms with E-state index in [0.29, 0.717) is 13.0 Å². The Hall–Kier alpha value is -2.61. The molecule has 0 saturated heterocycles. The molecule has 0 unspecified atom stereocenters. The second-order valence-electron chi connectivity index (χ2n) is 4.18. The summed E-state index contributed by atoms with van der Waals surface area (Å²) in [7, 11) is 0. The van der Waals surface area contributed by atoms with Gasteiger partial charge in [0.2, 0.25) is 0 Å². The van der Waals surface area contributed by atoms with Gasteiger partial charge in [-0.25, -0.2) is 9.97 Å². The Labute approximate surface area is 118 Å². The highest BCUT2D eigenvalue weighted by Crippen LogP contribution is 2.23. The predicted molar refractivity (Wildman–Crippen MR) is 79.9 cm³/mol. The average molecular weight is 267 g/mol. The van der Waals surface area contributed by atoms with Crippen LogP contribution in [0.2, 0.25) is 0 Å². The Kier molecular flexibility index (Phi) is 4.90. The van der Waals surface area contributed by atoms with Crippen molar-refractivity contribution in [2.75, 3.05) is 23.3 Å². The highest BCUT2D eigenvalue weighted by Gasteiger charge is 2.09. The van der Waals surface area contributed by atoms with Gasteiger partial charge in [-0.1, -0.05) is 18.2 Å². The summed E-state index contributed by atoms with van der Waals surface area (Å²) >= 11 is 0. The van der Waals surface area contributed by atoms with E-state index in [-0.39, 0.29) is 0 Å². The van der Waals surface area contributed by atoms with Gasteiger partial charge in [0.25, 0.3) is 0 Å². The number of nitrogens with one attached hydrogen (secondary N) is 1. The molecule has 1 aromatic carbocycles. The monoisotopic (exact) mass is 267 g/mol. The SMILES string of the molecule is CCN(c1ccccc1)c1cc(NCCC#N)ncn1. The van der Waals surface area contributed by atoms with Gasteiger partial charge in [-0.05, 0) is 19.1 Å². The van der Waals surface area contributed by atoms with Crippen LogP contribution >= 0.6 is 0 Å². The molecule has 0 bridgehead atoms. The third-order valence-corrected chi connectivity index (χ3v) is 2.86. The van der Waals surface area contributed by atoms with Gasteiger partial charge in [-0.15, -0.1) is 0 Å². The zero-order chi connectivity index (χ0) is 14.2. The molecule has 0 aliphatic carbocycles. The van der Waals surface area contributed by atoms with Gasteiger partial charge in [0.15, 0.2) is 0 Å². The molecule has 1 aromatic heterocycles. The summed E-state index contributed by atoms with van der Waals surface area (Å²) in [6, 6.07) is 14.1. The smallest absolute Gasteiger partial charge is 0.138 e. The van der Waals surface area contributed by atoms with Crippen LogP contribution in [0.5, 0.6) is 0 Å². The van der Waals surface area contributed by atoms with E-state index in [2.05, 4.69) is 33.2 Å². The maximum Gasteiger partial charge on any atom is 0.138 e. The Bertz CT molecular complexity index is 576. The van der Waals surface area contributed by atoms with Gasteiger partial charge in [-0.2, -0.15) is 5.26 Å². The fraction of sp³-hybridized carbons (Fsp3) is 0.267. The maximum atomic E-state index is 8.54. The van der Waals surface area contributed by atoms with Crippen molar-refractivity contribution in [1.29, 1.82) is 5.26 Å². The molecule has 0 fully saturated rings. The molecule has 20 heavy (non-hydrogen) atoms. The van der Waals surface area contributed by atoms with Crippen LogP contribution in [-0.2, 0) is 0 Å². The number of hydrogen-bond donors (Lipinski definition) is 1. The Morgan fingerprint density at radius 1 is 1.25 bits per heavy atom. The molecule has 0 aliphatic rings. The van der Waals surface area contributed by atoms with Crippen LogP contribution in [0.1, 0.15) is 13.3 Å². The highest BCUT2D eigenvalue weighted by atomic mass is 15.2. The first-order valence-electron chi connectivity index (χ1n) is 6.60. The van der Waals surface area contributed by atoms with Crippen LogP contribution in [0.3, 0.4) is 0 Å². The van der Waals surface area contributed by atoms with Crippen molar-refractivity contribution < 1.29 is 0 Å². The Morgan fingerprint density at radius 2 is 2.05 bits per heavy atom. The zero-order valence-corrected chi connectivity index (χ0v) is 11.5. The van der Waals surface area contributed by atoms with Crippen LogP contribution < -0.4 is 10.2 Å². The van der Waals surface area contributed by atoms with Crippen LogP contribution in [0.4, 0.5) is 17.3 Å². The second kappa shape index (κ2) is 7.10. The lowest BCUT2D eigenvalue weighted by Crippen LogP contribution is -2.17. The van der Waals surface area contributed by atoms with Crippen molar-refractivity contribution in [3.8, 4) is 6.07 Å². The molecule has 0 radical (unpaired) electrons. The van der Waals surface area contributed by atoms with Crippen molar-refractivity contribution in [2.24, 2.45) is 0 Å². The topological polar surface area (TPSA) is 64.8 Å². The van der Waals surface area contributed by atoms with Crippen molar-refractivity contribution in [3.63, 3.8) is 0 Å². The van der Waals surface area contributed by atoms with Crippen LogP contribution in [0, 0.1) is 11.3 Å². The molecular formula is C15H17N5. The fourth-order valence-electron chi connectivity index (χ4n) is 1.92. The molecule has 2 rings (SSSR count). The summed E-state index contributed by atoms with van der Waals surface area (Å²) in [5, 5.41) is 11.7. The molecule has 1 N–H and O–H groups in total. The number of rotatable bonds is 6. The summed E-state index contributed by atoms with van der Waals surface area (Å²) in [6.45, 7) is 3.49. The van der Waals surface area contributed by atoms with E-state index in [1.54, 1.807) is 0 Å². The maximum absolute atomic E-state index is 8.54. The second-order valence-corrected chi connectivity index (χ2v) is 4.18. The lowest BCUT2D eigenvalue weighted by molar-refractivity contribution is 0.969. The molecule has 0 saturated carbocycles. The van der Waals surface area contributed by atoms with Crippen LogP contribution in [-0.4, -0.2) is 23.1 Å². The summed E-state index contributed by atoms with van der Waals surface area (Å²) in [5.74, 6) is 1.58. The van der Waals surface area contributed by atoms with Gasteiger partial charge in [-0.3, -0.25) is 0 Å². The summed E-state index contributed by atoms with van der Waals surface area (Å²) < 4.78 is 0. The van der Waals surface area contributed by atoms with E-state index >= 15 is 0 Å². The van der Waals surface area contributed by atoms with Gasteiger partial charge in [0, 0.05) is 24.8 Å². The highest BCUT2D eigenvalue weighted by molar-refractivity contribution is 5.61. The van der Waals surface area contributed by atoms with E-state index in [4.69, 9.17) is 5.26 Å². The molecule has 2 aromatic rings. The van der Waals surface area contributed by atoms with E-state index in [0.717, 1.165) is 23.9 Å². The van der Waals surface area contributed by atoms with Gasteiger partial charge < -0.3 is 10.2 Å². The fourth-order valence-corrected chi connectivity index (χ4v) is 1.92. The Morgan fingerprint density at radius 3 is 2.75 bits per heavy atom. The van der Waals surface area contributed by atoms with Crippen LogP contribution in [0.15, 0.2) is 42.7 Å². The van der Waals surface area contributed by atoms with Crippen molar-refractivity contribution >= 4 is 17.3 Å². The summed E-state index contributed by atoms with van der Waals surface area (Å²) in [4.78, 5) is 10.6. The molecule has 0 spiro atoms. The predicted octanol–water partition coefficient (Wildman–Crippen LogP) is 2.96. The van der Waals surface area contributed by atoms with E-state index in [1.807, 2.05) is 36.4 Å². The minimum Gasteiger partial charge on any atom is -0.369 e. The number of benzene rings is 1. The molecular weight excluding hydrogens is 250 g/mol. The van der Waals surface area contributed by atoms with Crippen molar-refractivity contribution in [1.82, 2.24) is 9.97 Å². The van der Waals surface area contributed by atoms with E-state index in [1.165, 1.54) is 6.33 Å². The molecule has 0 atom stereocenters. The zero-order valence-electron chi connectivity index (χ0n) is 11.5. The van der Waals surface area contributed by atoms with Gasteiger partial charge in [0.05, 0.1) is 12.5 Å². The van der Waals surface area contributed by atoms with Gasteiger partial charge in [0.1, 0.15) is 18.0 Å². The minimum atomic E-state index is 0.454. The number of hydrogen-bond acceptors (Lipinski definition) is 5. The standard InChI is InChI=1S/C15H17N5/c1-2-20(13-7-4-3-5-8-13)15-11-14(18-12-19-15)17-10-6-9-16/h3-5,7-8,11-12H,2,6,10H2,1H3,(H,17,18,19). The minimum absolute atomic E-state index is 0.454. The van der Waals surface area contributed by atoms with E-state index in [9.17, 15) is 0 Å². The number of nitrogens with zero attached hydrogens (tertiary/aromatic N) is 4. The first-order valence-corrected chi connectivity index (χ1v) is 6.60. The molecule has 5 heteroatoms. The van der Waals surface area contributed by atoms with Crippen molar-refractivity contribution in [2.45, 2.75) is 13.3 Å². The normalized spacial score (nSPS) is 9.80. The lowest BCUT2D eigenvalue weighted by Gasteiger charge is -2.22. The summed E-state index contributed by atoms with van der Waals surface area (Å²) in [5.41, 5.74) is 1.09. The molecule has 0 amide bonds. The Balaban J connectivity index is 2.18. The third kappa shape index (κ3) is 3.45. The third-order valence-electron chi connectivity index (χ3n) is 2.86. The first kappa shape index (κ1) is 13.8. The van der Waals surface area contributed by atoms with E-state index < -0.39 is 0 Å². The average Bonchev–Trinajstić information content (AvgIpc) is 2.50. The first-order chi connectivity index (χ1) is 9.85. The number of anilines is 3. The van der Waals surface area contributed by atoms with Crippen molar-refractivity contribution in [3.05, 3.63) is 42.7 Å². The lowest BCUT2D eigenvalue weighted by atomic mass is 10.3. The number of nitriles is 1. The largest absolute Gasteiger partial charge is 0.369 e.